The van der Waals surface area contributed by atoms with E-state index in [1.54, 1.807) is 44.3 Å². The third-order valence-corrected chi connectivity index (χ3v) is 5.07. The van der Waals surface area contributed by atoms with Gasteiger partial charge < -0.3 is 25.5 Å². The van der Waals surface area contributed by atoms with Crippen molar-refractivity contribution < 1.29 is 23.9 Å². The molecule has 5 N–H and O–H groups in total. The van der Waals surface area contributed by atoms with Crippen LogP contribution in [0.1, 0.15) is 48.2 Å². The molecule has 3 aromatic rings. The minimum absolute atomic E-state index is 0.0270. The summed E-state index contributed by atoms with van der Waals surface area (Å²) >= 11 is 0. The molecule has 0 saturated carbocycles. The lowest BCUT2D eigenvalue weighted by Crippen LogP contribution is -2.42. The van der Waals surface area contributed by atoms with Gasteiger partial charge in [0.25, 0.3) is 11.5 Å². The van der Waals surface area contributed by atoms with Gasteiger partial charge in [0.1, 0.15) is 11.7 Å². The Balaban J connectivity index is 1.69. The molecule has 180 valence electrons. The molecule has 2 aromatic heterocycles. The van der Waals surface area contributed by atoms with E-state index in [4.69, 9.17) is 15.2 Å². The summed E-state index contributed by atoms with van der Waals surface area (Å²) in [5.41, 5.74) is 7.58. The molecule has 1 atom stereocenters. The Labute approximate surface area is 195 Å². The molecule has 3 rings (SSSR count). The number of hydrogen-bond donors (Lipinski definition) is 4. The van der Waals surface area contributed by atoms with Crippen molar-refractivity contribution >= 4 is 34.8 Å². The molecule has 34 heavy (non-hydrogen) atoms. The lowest BCUT2D eigenvalue weighted by atomic mass is 10.0. The number of rotatable bonds is 10. The number of aromatic nitrogens is 3. The fourth-order valence-electron chi connectivity index (χ4n) is 3.48. The third kappa shape index (κ3) is 6.00. The number of amides is 1. The highest BCUT2D eigenvalue weighted by molar-refractivity contribution is 5.97. The SMILES string of the molecule is CCOC(=O)CC[C@H](NC(=O)c1ccc(Cc2c[nH]c3nc(N)[nH]c(=O)c23)cc1)C(=O)OCC. The van der Waals surface area contributed by atoms with Crippen LogP contribution in [0, 0.1) is 0 Å². The molecule has 0 aliphatic carbocycles. The average molecular weight is 469 g/mol. The van der Waals surface area contributed by atoms with Crippen molar-refractivity contribution in [2.75, 3.05) is 18.9 Å². The Morgan fingerprint density at radius 1 is 1.12 bits per heavy atom. The van der Waals surface area contributed by atoms with E-state index in [1.807, 2.05) is 0 Å². The fourth-order valence-corrected chi connectivity index (χ4v) is 3.48. The van der Waals surface area contributed by atoms with E-state index in [1.165, 1.54) is 0 Å². The van der Waals surface area contributed by atoms with Crippen LogP contribution in [0.25, 0.3) is 11.0 Å². The van der Waals surface area contributed by atoms with Crippen LogP contribution in [0.4, 0.5) is 5.95 Å². The van der Waals surface area contributed by atoms with Crippen LogP contribution < -0.4 is 16.6 Å². The van der Waals surface area contributed by atoms with Crippen molar-refractivity contribution in [3.8, 4) is 0 Å². The molecule has 2 heterocycles. The highest BCUT2D eigenvalue weighted by atomic mass is 16.5. The Morgan fingerprint density at radius 2 is 1.82 bits per heavy atom. The Hall–Kier alpha value is -4.15. The van der Waals surface area contributed by atoms with Gasteiger partial charge in [-0.15, -0.1) is 0 Å². The number of benzene rings is 1. The number of esters is 2. The lowest BCUT2D eigenvalue weighted by Gasteiger charge is -2.17. The number of nitrogens with one attached hydrogen (secondary N) is 3. The lowest BCUT2D eigenvalue weighted by molar-refractivity contribution is -0.146. The predicted octanol–water partition coefficient (Wildman–Crippen LogP) is 1.43. The van der Waals surface area contributed by atoms with Crippen LogP contribution in [-0.4, -0.2) is 52.1 Å². The van der Waals surface area contributed by atoms with Crippen LogP contribution >= 0.6 is 0 Å². The summed E-state index contributed by atoms with van der Waals surface area (Å²) < 4.78 is 9.89. The van der Waals surface area contributed by atoms with E-state index in [9.17, 15) is 19.2 Å². The van der Waals surface area contributed by atoms with Crippen LogP contribution in [0.15, 0.2) is 35.3 Å². The summed E-state index contributed by atoms with van der Waals surface area (Å²) in [6.07, 6.45) is 2.16. The van der Waals surface area contributed by atoms with Crippen molar-refractivity contribution in [3.63, 3.8) is 0 Å². The maximum atomic E-state index is 12.7. The monoisotopic (exact) mass is 469 g/mol. The largest absolute Gasteiger partial charge is 0.466 e. The van der Waals surface area contributed by atoms with Crippen molar-refractivity contribution in [2.45, 2.75) is 39.2 Å². The van der Waals surface area contributed by atoms with Crippen molar-refractivity contribution in [2.24, 2.45) is 0 Å². The summed E-state index contributed by atoms with van der Waals surface area (Å²) in [5.74, 6) is -1.51. The van der Waals surface area contributed by atoms with Gasteiger partial charge in [0.2, 0.25) is 5.95 Å². The van der Waals surface area contributed by atoms with Crippen LogP contribution in [0.3, 0.4) is 0 Å². The van der Waals surface area contributed by atoms with Crippen molar-refractivity contribution in [1.82, 2.24) is 20.3 Å². The maximum Gasteiger partial charge on any atom is 0.328 e. The molecule has 0 unspecified atom stereocenters. The number of nitrogen functional groups attached to an aromatic ring is 1. The molecule has 11 heteroatoms. The van der Waals surface area contributed by atoms with Gasteiger partial charge in [0, 0.05) is 18.2 Å². The topological polar surface area (TPSA) is 169 Å². The minimum atomic E-state index is -0.977. The smallest absolute Gasteiger partial charge is 0.328 e. The van der Waals surface area contributed by atoms with Gasteiger partial charge >= 0.3 is 11.9 Å². The number of aromatic amines is 2. The Kier molecular flexibility index (Phi) is 8.01. The third-order valence-electron chi connectivity index (χ3n) is 5.07. The van der Waals surface area contributed by atoms with Gasteiger partial charge in [0.15, 0.2) is 0 Å². The molecular formula is C23H27N5O6. The fraction of sp³-hybridized carbons (Fsp3) is 0.348. The van der Waals surface area contributed by atoms with Gasteiger partial charge in [-0.3, -0.25) is 19.4 Å². The molecule has 0 fully saturated rings. The zero-order valence-corrected chi connectivity index (χ0v) is 19.0. The van der Waals surface area contributed by atoms with E-state index < -0.39 is 23.9 Å². The van der Waals surface area contributed by atoms with Gasteiger partial charge in [-0.25, -0.2) is 4.79 Å². The molecular weight excluding hydrogens is 442 g/mol. The van der Waals surface area contributed by atoms with Gasteiger partial charge in [0.05, 0.1) is 18.6 Å². The zero-order chi connectivity index (χ0) is 24.7. The number of H-pyrrole nitrogens is 2. The number of nitrogens with two attached hydrogens (primary N) is 1. The Bertz CT molecular complexity index is 1230. The highest BCUT2D eigenvalue weighted by Gasteiger charge is 2.24. The molecule has 0 radical (unpaired) electrons. The second-order valence-corrected chi connectivity index (χ2v) is 7.48. The zero-order valence-electron chi connectivity index (χ0n) is 19.0. The van der Waals surface area contributed by atoms with E-state index in [0.717, 1.165) is 11.1 Å². The van der Waals surface area contributed by atoms with Crippen molar-refractivity contribution in [1.29, 1.82) is 0 Å². The number of anilines is 1. The summed E-state index contributed by atoms with van der Waals surface area (Å²) in [5, 5.41) is 3.05. The first-order chi connectivity index (χ1) is 16.3. The standard InChI is InChI=1S/C23H27N5O6/c1-3-33-17(29)10-9-16(22(32)34-4-2)26-20(30)14-7-5-13(6-8-14)11-15-12-25-19-18(15)21(31)28-23(24)27-19/h5-8,12,16H,3-4,9-11H2,1-2H3,(H,26,30)(H4,24,25,27,28,31)/t16-/m0/s1. The molecule has 0 spiro atoms. The average Bonchev–Trinajstić information content (AvgIpc) is 3.19. The number of carbonyl (C=O) groups excluding carboxylic acids is 3. The molecule has 1 amide bonds. The first-order valence-electron chi connectivity index (χ1n) is 10.9. The molecule has 0 bridgehead atoms. The molecule has 0 aliphatic heterocycles. The van der Waals surface area contributed by atoms with E-state index in [2.05, 4.69) is 20.3 Å². The van der Waals surface area contributed by atoms with E-state index >= 15 is 0 Å². The van der Waals surface area contributed by atoms with E-state index in [-0.39, 0.29) is 37.6 Å². The van der Waals surface area contributed by atoms with Gasteiger partial charge in [-0.05, 0) is 49.9 Å². The summed E-state index contributed by atoms with van der Waals surface area (Å²) in [7, 11) is 0. The minimum Gasteiger partial charge on any atom is -0.466 e. The van der Waals surface area contributed by atoms with Gasteiger partial charge in [-0.1, -0.05) is 12.1 Å². The summed E-state index contributed by atoms with van der Waals surface area (Å²) in [4.78, 5) is 58.3. The Morgan fingerprint density at radius 3 is 2.50 bits per heavy atom. The van der Waals surface area contributed by atoms with Crippen LogP contribution in [-0.2, 0) is 25.5 Å². The maximum absolute atomic E-state index is 12.7. The molecule has 0 aliphatic rings. The predicted molar refractivity (Wildman–Crippen MR) is 124 cm³/mol. The number of ether oxygens (including phenoxy) is 2. The number of carbonyl (C=O) groups is 3. The number of hydrogen-bond acceptors (Lipinski definition) is 8. The van der Waals surface area contributed by atoms with Crippen molar-refractivity contribution in [3.05, 3.63) is 57.5 Å². The second-order valence-electron chi connectivity index (χ2n) is 7.48. The normalized spacial score (nSPS) is 11.7. The quantitative estimate of drug-likeness (QED) is 0.323. The summed E-state index contributed by atoms with van der Waals surface area (Å²) in [6.45, 7) is 3.74. The van der Waals surface area contributed by atoms with Crippen LogP contribution in [0.2, 0.25) is 0 Å². The molecule has 1 aromatic carbocycles. The second kappa shape index (κ2) is 11.1. The highest BCUT2D eigenvalue weighted by Crippen LogP contribution is 2.17. The first-order valence-corrected chi connectivity index (χ1v) is 10.9. The van der Waals surface area contributed by atoms with Gasteiger partial charge in [-0.2, -0.15) is 4.98 Å². The summed E-state index contributed by atoms with van der Waals surface area (Å²) in [6, 6.07) is 5.77. The van der Waals surface area contributed by atoms with Crippen LogP contribution in [0.5, 0.6) is 0 Å². The first kappa shape index (κ1) is 24.5. The molecule has 11 nitrogen and oxygen atoms in total. The molecule has 0 saturated heterocycles. The van der Waals surface area contributed by atoms with E-state index in [0.29, 0.717) is 23.0 Å². The number of fused-ring (bicyclic) bond motifs is 1. The number of nitrogens with zero attached hydrogens (tertiary/aromatic N) is 1.